The Bertz CT molecular complexity index is 355. The molecule has 0 unspecified atom stereocenters. The van der Waals surface area contributed by atoms with Crippen LogP contribution in [0.15, 0.2) is 21.6 Å². The van der Waals surface area contributed by atoms with Crippen LogP contribution in [-0.2, 0) is 25.7 Å². The zero-order chi connectivity index (χ0) is 12.3. The predicted molar refractivity (Wildman–Crippen MR) is 70.8 cm³/mol. The molecular weight excluding hydrogens is 464 g/mol. The minimum absolute atomic E-state index is 0. The number of hydrogen-bond acceptors (Lipinski definition) is 1. The van der Waals surface area contributed by atoms with Crippen molar-refractivity contribution < 1.29 is 50.5 Å². The third-order valence-corrected chi connectivity index (χ3v) is 27.2. The van der Waals surface area contributed by atoms with Gasteiger partial charge in [-0.2, -0.15) is 0 Å². The smallest absolute Gasteiger partial charge is 1.00 e. The Hall–Kier alpha value is 0.617. The van der Waals surface area contributed by atoms with E-state index in [-0.39, 0.29) is 24.8 Å². The van der Waals surface area contributed by atoms with E-state index in [1.807, 2.05) is 0 Å². The molecule has 2 aliphatic carbocycles. The van der Waals surface area contributed by atoms with Crippen molar-refractivity contribution in [2.45, 2.75) is 45.2 Å². The van der Waals surface area contributed by atoms with Crippen LogP contribution in [0.3, 0.4) is 0 Å². The molecule has 1 N–H and O–H groups in total. The SMILES string of the molecule is C[SiH](C)[Hf+2]([NH]C(=O)C1CCCC1)[C]1=CC=CC1.[Cl-].[Cl-]. The van der Waals surface area contributed by atoms with E-state index >= 15 is 0 Å². The van der Waals surface area contributed by atoms with E-state index in [2.05, 4.69) is 34.6 Å². The van der Waals surface area contributed by atoms with Gasteiger partial charge in [-0.3, -0.25) is 0 Å². The van der Waals surface area contributed by atoms with E-state index in [1.54, 1.807) is 3.33 Å². The molecule has 2 rings (SSSR count). The fraction of sp³-hybridized carbons (Fsp3) is 0.615. The molecule has 6 heteroatoms. The van der Waals surface area contributed by atoms with Gasteiger partial charge in [-0.1, -0.05) is 0 Å². The molecule has 0 aromatic carbocycles. The van der Waals surface area contributed by atoms with E-state index in [0.29, 0.717) is 11.8 Å². The molecule has 0 aromatic rings. The molecule has 19 heavy (non-hydrogen) atoms. The molecule has 107 valence electrons. The largest absolute Gasteiger partial charge is 1.00 e. The molecule has 0 radical (unpaired) electrons. The van der Waals surface area contributed by atoms with Gasteiger partial charge in [0.2, 0.25) is 0 Å². The minimum atomic E-state index is -1.93. The topological polar surface area (TPSA) is 29.1 Å². The normalized spacial score (nSPS) is 17.7. The van der Waals surface area contributed by atoms with Gasteiger partial charge in [0.15, 0.2) is 0 Å². The van der Waals surface area contributed by atoms with Gasteiger partial charge in [-0.25, -0.2) is 0 Å². The number of carbonyl (C=O) groups excluding carboxylic acids is 1. The second-order valence-corrected chi connectivity index (χ2v) is 31.0. The van der Waals surface area contributed by atoms with Crippen LogP contribution < -0.4 is 28.1 Å². The minimum Gasteiger partial charge on any atom is -1.00 e. The molecule has 0 spiro atoms. The molecule has 0 heterocycles. The van der Waals surface area contributed by atoms with Gasteiger partial charge in [0.05, 0.1) is 0 Å². The van der Waals surface area contributed by atoms with Gasteiger partial charge in [-0.05, 0) is 0 Å². The Morgan fingerprint density at radius 1 is 1.32 bits per heavy atom. The summed E-state index contributed by atoms with van der Waals surface area (Å²) in [7, 11) is 0. The van der Waals surface area contributed by atoms with Crippen LogP contribution in [-0.4, -0.2) is 11.9 Å². The Morgan fingerprint density at radius 3 is 2.42 bits per heavy atom. The van der Waals surface area contributed by atoms with Crippen LogP contribution in [0, 0.1) is 5.92 Å². The van der Waals surface area contributed by atoms with Crippen molar-refractivity contribution in [3.63, 3.8) is 0 Å². The Morgan fingerprint density at radius 2 is 1.95 bits per heavy atom. The number of hydrogen-bond donors (Lipinski definition) is 1. The molecule has 0 atom stereocenters. The molecule has 0 aromatic heterocycles. The van der Waals surface area contributed by atoms with Crippen LogP contribution in [0.25, 0.3) is 0 Å². The number of halogens is 2. The van der Waals surface area contributed by atoms with Crippen molar-refractivity contribution >= 4 is 11.9 Å². The summed E-state index contributed by atoms with van der Waals surface area (Å²) in [6.07, 6.45) is 12.6. The van der Waals surface area contributed by atoms with E-state index < -0.39 is 26.9 Å². The maximum Gasteiger partial charge on any atom is -1.00 e. The number of rotatable bonds is 4. The summed E-state index contributed by atoms with van der Waals surface area (Å²) in [5.74, 6) is 0.0817. The van der Waals surface area contributed by atoms with Crippen LogP contribution in [0.2, 0.25) is 13.1 Å². The average molecular weight is 486 g/mol. The van der Waals surface area contributed by atoms with Crippen LogP contribution >= 0.6 is 0 Å². The molecular formula is C13H22Cl2HfNOSi. The molecule has 0 aliphatic heterocycles. The maximum atomic E-state index is 12.2. The summed E-state index contributed by atoms with van der Waals surface area (Å²) in [5, 5.41) is 0. The maximum absolute atomic E-state index is 12.2. The fourth-order valence-corrected chi connectivity index (χ4v) is 22.2. The zero-order valence-electron chi connectivity index (χ0n) is 11.6. The summed E-state index contributed by atoms with van der Waals surface area (Å²) < 4.78 is 5.16. The van der Waals surface area contributed by atoms with Crippen molar-refractivity contribution in [3.8, 4) is 0 Å². The van der Waals surface area contributed by atoms with Crippen LogP contribution in [0.1, 0.15) is 32.1 Å². The molecule has 1 saturated carbocycles. The first kappa shape index (κ1) is 19.6. The van der Waals surface area contributed by atoms with Gasteiger partial charge in [0, 0.05) is 0 Å². The Kier molecular flexibility index (Phi) is 9.84. The standard InChI is InChI=1S/C6H11NO.C5H5.C2H7Si.2ClH.Hf/c7-6(8)5-3-1-2-4-5;1-2-4-5-3-1;1-3-2;;;/h5H,1-4H2,(H2,7,8);1-3H,4H2;3H,1-2H3;2*1H;/q;;;;;+3/p-3. The van der Waals surface area contributed by atoms with Crippen molar-refractivity contribution in [2.24, 2.45) is 5.92 Å². The fourth-order valence-electron chi connectivity index (χ4n) is 2.67. The monoisotopic (exact) mass is 486 g/mol. The first-order valence-corrected chi connectivity index (χ1v) is 19.4. The van der Waals surface area contributed by atoms with Crippen LogP contribution in [0.5, 0.6) is 0 Å². The second-order valence-electron chi connectivity index (χ2n) is 5.36. The number of allylic oxidation sites excluding steroid dienone is 4. The molecule has 0 saturated heterocycles. The first-order chi connectivity index (χ1) is 8.18. The van der Waals surface area contributed by atoms with Gasteiger partial charge in [0.1, 0.15) is 0 Å². The first-order valence-electron chi connectivity index (χ1n) is 6.72. The van der Waals surface area contributed by atoms with Crippen molar-refractivity contribution in [1.29, 1.82) is 0 Å². The Labute approximate surface area is 137 Å². The van der Waals surface area contributed by atoms with E-state index in [1.165, 1.54) is 12.8 Å². The molecule has 2 nitrogen and oxygen atoms in total. The van der Waals surface area contributed by atoms with Crippen molar-refractivity contribution in [1.82, 2.24) is 3.30 Å². The number of nitrogens with one attached hydrogen (secondary N) is 1. The molecule has 1 fully saturated rings. The summed E-state index contributed by atoms with van der Waals surface area (Å²) in [5.41, 5.74) is 0. The third kappa shape index (κ3) is 5.48. The Balaban J connectivity index is 0.00000162. The zero-order valence-corrected chi connectivity index (χ0v) is 17.8. The summed E-state index contributed by atoms with van der Waals surface area (Å²) in [6, 6.07) is 0. The van der Waals surface area contributed by atoms with Gasteiger partial charge < -0.3 is 24.8 Å². The van der Waals surface area contributed by atoms with E-state index in [0.717, 1.165) is 19.3 Å². The summed E-state index contributed by atoms with van der Waals surface area (Å²) in [6.45, 7) is 4.83. The molecule has 2 aliphatic rings. The summed E-state index contributed by atoms with van der Waals surface area (Å²) >= 11 is -1.93. The predicted octanol–water partition coefficient (Wildman–Crippen LogP) is -3.34. The van der Waals surface area contributed by atoms with Gasteiger partial charge in [0.25, 0.3) is 0 Å². The van der Waals surface area contributed by atoms with E-state index in [9.17, 15) is 4.79 Å². The second kappa shape index (κ2) is 9.53. The molecule has 0 bridgehead atoms. The van der Waals surface area contributed by atoms with Crippen molar-refractivity contribution in [2.75, 3.05) is 0 Å². The van der Waals surface area contributed by atoms with Gasteiger partial charge in [-0.15, -0.1) is 0 Å². The quantitative estimate of drug-likeness (QED) is 0.415. The van der Waals surface area contributed by atoms with Gasteiger partial charge >= 0.3 is 114 Å². The van der Waals surface area contributed by atoms with Crippen molar-refractivity contribution in [3.05, 3.63) is 21.6 Å². The third-order valence-electron chi connectivity index (χ3n) is 3.68. The number of amides is 1. The molecule has 1 amide bonds. The van der Waals surface area contributed by atoms with E-state index in [4.69, 9.17) is 0 Å². The number of carbonyl (C=O) groups is 1. The summed E-state index contributed by atoms with van der Waals surface area (Å²) in [4.78, 5) is 12.2. The van der Waals surface area contributed by atoms with Crippen LogP contribution in [0.4, 0.5) is 0 Å². The average Bonchev–Trinajstić information content (AvgIpc) is 2.97.